The molecule has 2 unspecified atom stereocenters. The van der Waals surface area contributed by atoms with E-state index in [0.717, 1.165) is 22.9 Å². The van der Waals surface area contributed by atoms with E-state index in [1.165, 1.54) is 0 Å². The van der Waals surface area contributed by atoms with Gasteiger partial charge >= 0.3 is 0 Å². The van der Waals surface area contributed by atoms with E-state index in [-0.39, 0.29) is 11.3 Å². The molecular formula is C13H18BrNO2S. The fraction of sp³-hybridized carbons (Fsp3) is 0.538. The molecule has 1 saturated heterocycles. The minimum atomic E-state index is -3.00. The Balaban J connectivity index is 2.12. The van der Waals surface area contributed by atoms with Crippen LogP contribution < -0.4 is 5.73 Å². The molecule has 18 heavy (non-hydrogen) atoms. The average molecular weight is 332 g/mol. The highest BCUT2D eigenvalue weighted by Crippen LogP contribution is 2.25. The minimum absolute atomic E-state index is 0.293. The Hall–Kier alpha value is -0.390. The van der Waals surface area contributed by atoms with Gasteiger partial charge in [-0.05, 0) is 30.9 Å². The van der Waals surface area contributed by atoms with Crippen LogP contribution in [0, 0.1) is 0 Å². The standard InChI is InChI=1S/C13H18BrNO2S/c14-11-6-2-1-5-10(11)9-12(15)13-7-3-4-8-18(13,16)17/h1-2,5-6,12-13H,3-4,7-9,15H2. The Morgan fingerprint density at radius 2 is 2.06 bits per heavy atom. The third kappa shape index (κ3) is 3.13. The van der Waals surface area contributed by atoms with Gasteiger partial charge < -0.3 is 5.73 Å². The van der Waals surface area contributed by atoms with Crippen LogP contribution in [0.1, 0.15) is 24.8 Å². The van der Waals surface area contributed by atoms with Crippen LogP contribution in [0.4, 0.5) is 0 Å². The predicted molar refractivity (Wildman–Crippen MR) is 77.2 cm³/mol. The number of sulfone groups is 1. The van der Waals surface area contributed by atoms with E-state index in [9.17, 15) is 8.42 Å². The topological polar surface area (TPSA) is 60.2 Å². The van der Waals surface area contributed by atoms with Crippen molar-refractivity contribution in [3.05, 3.63) is 34.3 Å². The zero-order valence-electron chi connectivity index (χ0n) is 10.2. The lowest BCUT2D eigenvalue weighted by Gasteiger charge is -2.27. The third-order valence-corrected chi connectivity index (χ3v) is 6.66. The SMILES string of the molecule is NC(Cc1ccccc1Br)C1CCCCS1(=O)=O. The molecule has 100 valence electrons. The van der Waals surface area contributed by atoms with Crippen molar-refractivity contribution >= 4 is 25.8 Å². The fourth-order valence-electron chi connectivity index (χ4n) is 2.51. The molecule has 1 fully saturated rings. The lowest BCUT2D eigenvalue weighted by molar-refractivity contribution is 0.495. The van der Waals surface area contributed by atoms with Gasteiger partial charge in [-0.15, -0.1) is 0 Å². The van der Waals surface area contributed by atoms with E-state index in [4.69, 9.17) is 5.73 Å². The molecule has 1 aromatic carbocycles. The van der Waals surface area contributed by atoms with Crippen molar-refractivity contribution in [1.29, 1.82) is 0 Å². The highest BCUT2D eigenvalue weighted by molar-refractivity contribution is 9.10. The van der Waals surface area contributed by atoms with E-state index in [2.05, 4.69) is 15.9 Å². The van der Waals surface area contributed by atoms with Crippen LogP contribution in [0.2, 0.25) is 0 Å². The van der Waals surface area contributed by atoms with Crippen molar-refractivity contribution in [2.75, 3.05) is 5.75 Å². The van der Waals surface area contributed by atoms with Crippen LogP contribution in [0.25, 0.3) is 0 Å². The van der Waals surface area contributed by atoms with Gasteiger partial charge in [0.15, 0.2) is 9.84 Å². The molecule has 3 nitrogen and oxygen atoms in total. The molecule has 2 rings (SSSR count). The molecule has 0 aliphatic carbocycles. The summed E-state index contributed by atoms with van der Waals surface area (Å²) in [5.74, 6) is 0.293. The lowest BCUT2D eigenvalue weighted by Crippen LogP contribution is -2.44. The van der Waals surface area contributed by atoms with Gasteiger partial charge in [-0.3, -0.25) is 0 Å². The zero-order valence-corrected chi connectivity index (χ0v) is 12.6. The number of nitrogens with two attached hydrogens (primary N) is 1. The number of halogens is 1. The molecule has 1 aliphatic rings. The summed E-state index contributed by atoms with van der Waals surface area (Å²) < 4.78 is 25.0. The van der Waals surface area contributed by atoms with Crippen LogP contribution >= 0.6 is 15.9 Å². The van der Waals surface area contributed by atoms with Gasteiger partial charge in [0.05, 0.1) is 11.0 Å². The van der Waals surface area contributed by atoms with Gasteiger partial charge in [-0.25, -0.2) is 8.42 Å². The van der Waals surface area contributed by atoms with Crippen molar-refractivity contribution in [3.8, 4) is 0 Å². The predicted octanol–water partition coefficient (Wildman–Crippen LogP) is 2.29. The second-order valence-electron chi connectivity index (χ2n) is 4.86. The summed E-state index contributed by atoms with van der Waals surface area (Å²) in [6.45, 7) is 0. The molecule has 1 heterocycles. The smallest absolute Gasteiger partial charge is 0.154 e. The average Bonchev–Trinajstić information content (AvgIpc) is 2.31. The summed E-state index contributed by atoms with van der Waals surface area (Å²) in [6.07, 6.45) is 3.05. The molecule has 0 spiro atoms. The maximum atomic E-state index is 12.0. The quantitative estimate of drug-likeness (QED) is 0.924. The van der Waals surface area contributed by atoms with Crippen LogP contribution in [-0.4, -0.2) is 25.5 Å². The Morgan fingerprint density at radius 3 is 2.72 bits per heavy atom. The Kier molecular flexibility index (Phi) is 4.45. The van der Waals surface area contributed by atoms with Crippen molar-refractivity contribution in [2.24, 2.45) is 5.73 Å². The summed E-state index contributed by atoms with van der Waals surface area (Å²) in [5, 5.41) is -0.377. The van der Waals surface area contributed by atoms with Gasteiger partial charge in [0, 0.05) is 10.5 Å². The van der Waals surface area contributed by atoms with Gasteiger partial charge in [0.2, 0.25) is 0 Å². The molecule has 0 bridgehead atoms. The van der Waals surface area contributed by atoms with E-state index >= 15 is 0 Å². The van der Waals surface area contributed by atoms with Gasteiger partial charge in [-0.1, -0.05) is 40.5 Å². The molecule has 0 radical (unpaired) electrons. The first kappa shape index (κ1) is 14.0. The Bertz CT molecular complexity index is 515. The first-order valence-electron chi connectivity index (χ1n) is 6.21. The maximum Gasteiger partial charge on any atom is 0.154 e. The van der Waals surface area contributed by atoms with Crippen LogP contribution in [-0.2, 0) is 16.3 Å². The first-order chi connectivity index (χ1) is 8.50. The molecular weight excluding hydrogens is 314 g/mol. The number of hydrogen-bond donors (Lipinski definition) is 1. The van der Waals surface area contributed by atoms with E-state index in [1.807, 2.05) is 24.3 Å². The van der Waals surface area contributed by atoms with Gasteiger partial charge in [0.1, 0.15) is 0 Å². The second kappa shape index (κ2) is 5.72. The van der Waals surface area contributed by atoms with E-state index in [0.29, 0.717) is 18.6 Å². The Morgan fingerprint density at radius 1 is 1.33 bits per heavy atom. The highest BCUT2D eigenvalue weighted by Gasteiger charge is 2.33. The van der Waals surface area contributed by atoms with Crippen molar-refractivity contribution in [1.82, 2.24) is 0 Å². The second-order valence-corrected chi connectivity index (χ2v) is 8.05. The van der Waals surface area contributed by atoms with Crippen LogP contribution in [0.5, 0.6) is 0 Å². The zero-order chi connectivity index (χ0) is 13.2. The molecule has 0 aromatic heterocycles. The Labute approximate surface area is 117 Å². The van der Waals surface area contributed by atoms with Crippen molar-refractivity contribution in [2.45, 2.75) is 37.0 Å². The van der Waals surface area contributed by atoms with Gasteiger partial charge in [0.25, 0.3) is 0 Å². The normalized spacial score (nSPS) is 24.7. The molecule has 0 saturated carbocycles. The summed E-state index contributed by atoms with van der Waals surface area (Å²) >= 11 is 3.47. The lowest BCUT2D eigenvalue weighted by atomic mass is 10.0. The van der Waals surface area contributed by atoms with Crippen LogP contribution in [0.15, 0.2) is 28.7 Å². The number of rotatable bonds is 3. The van der Waals surface area contributed by atoms with Gasteiger partial charge in [-0.2, -0.15) is 0 Å². The molecule has 1 aromatic rings. The minimum Gasteiger partial charge on any atom is -0.326 e. The molecule has 0 amide bonds. The molecule has 2 atom stereocenters. The summed E-state index contributed by atoms with van der Waals surface area (Å²) in [5.41, 5.74) is 7.20. The first-order valence-corrected chi connectivity index (χ1v) is 8.72. The molecule has 1 aliphatic heterocycles. The highest BCUT2D eigenvalue weighted by atomic mass is 79.9. The number of benzene rings is 1. The fourth-order valence-corrected chi connectivity index (χ4v) is 5.02. The van der Waals surface area contributed by atoms with Crippen molar-refractivity contribution in [3.63, 3.8) is 0 Å². The summed E-state index contributed by atoms with van der Waals surface area (Å²) in [4.78, 5) is 0. The monoisotopic (exact) mass is 331 g/mol. The third-order valence-electron chi connectivity index (χ3n) is 3.52. The summed E-state index contributed by atoms with van der Waals surface area (Å²) in [7, 11) is -3.00. The van der Waals surface area contributed by atoms with Crippen molar-refractivity contribution < 1.29 is 8.42 Å². The molecule has 2 N–H and O–H groups in total. The van der Waals surface area contributed by atoms with E-state index in [1.54, 1.807) is 0 Å². The largest absolute Gasteiger partial charge is 0.326 e. The molecule has 5 heteroatoms. The summed E-state index contributed by atoms with van der Waals surface area (Å²) in [6, 6.07) is 7.52. The number of hydrogen-bond acceptors (Lipinski definition) is 3. The maximum absolute atomic E-state index is 12.0. The van der Waals surface area contributed by atoms with Crippen LogP contribution in [0.3, 0.4) is 0 Å². The van der Waals surface area contributed by atoms with E-state index < -0.39 is 9.84 Å².